The Kier molecular flexibility index (Phi) is 6.42. The minimum Gasteiger partial charge on any atom is -0.315 e. The molecule has 142 valence electrons. The first kappa shape index (κ1) is 19.5. The molecule has 2 aromatic rings. The summed E-state index contributed by atoms with van der Waals surface area (Å²) in [6, 6.07) is 3.06. The number of hydrogen-bond acceptors (Lipinski definition) is 4. The van der Waals surface area contributed by atoms with E-state index in [1.807, 2.05) is 6.92 Å². The second-order valence-corrected chi connectivity index (χ2v) is 7.66. The van der Waals surface area contributed by atoms with Gasteiger partial charge in [-0.05, 0) is 38.4 Å². The van der Waals surface area contributed by atoms with Gasteiger partial charge in [0.1, 0.15) is 11.3 Å². The van der Waals surface area contributed by atoms with Gasteiger partial charge in [-0.1, -0.05) is 29.3 Å². The number of halogens is 2. The molecule has 1 unspecified atom stereocenters. The van der Waals surface area contributed by atoms with Crippen molar-refractivity contribution in [3.63, 3.8) is 0 Å². The van der Waals surface area contributed by atoms with Crippen LogP contribution in [-0.4, -0.2) is 40.6 Å². The van der Waals surface area contributed by atoms with Gasteiger partial charge in [-0.15, -0.1) is 0 Å². The first-order chi connectivity index (χ1) is 12.6. The molecule has 1 aliphatic rings. The van der Waals surface area contributed by atoms with E-state index in [1.165, 1.54) is 6.07 Å². The maximum absolute atomic E-state index is 14.5. The zero-order chi connectivity index (χ0) is 18.7. The number of nitrogens with zero attached hydrogens (tertiary/aromatic N) is 3. The molecule has 7 heteroatoms. The van der Waals surface area contributed by atoms with Crippen molar-refractivity contribution in [3.05, 3.63) is 38.6 Å². The first-order valence-electron chi connectivity index (χ1n) is 9.41. The maximum Gasteiger partial charge on any atom is 0.261 e. The first-order valence-corrected chi connectivity index (χ1v) is 10.2. The van der Waals surface area contributed by atoms with Crippen LogP contribution in [0.2, 0.25) is 0 Å². The van der Waals surface area contributed by atoms with Crippen LogP contribution in [0.25, 0.3) is 10.9 Å². The van der Waals surface area contributed by atoms with Crippen LogP contribution in [-0.2, 0) is 6.54 Å². The SMILES string of the molecule is CCCC(c1nc2c(F)cc(Br)cc2c(=O)n1CC)N1CCCNCC1. The smallest absolute Gasteiger partial charge is 0.261 e. The molecule has 0 radical (unpaired) electrons. The predicted octanol–water partition coefficient (Wildman–Crippen LogP) is 3.45. The fourth-order valence-electron chi connectivity index (χ4n) is 3.75. The van der Waals surface area contributed by atoms with Crippen LogP contribution < -0.4 is 10.9 Å². The highest BCUT2D eigenvalue weighted by Gasteiger charge is 2.26. The molecule has 3 rings (SSSR count). The summed E-state index contributed by atoms with van der Waals surface area (Å²) in [7, 11) is 0. The van der Waals surface area contributed by atoms with Crippen molar-refractivity contribution in [2.24, 2.45) is 0 Å². The van der Waals surface area contributed by atoms with E-state index in [1.54, 1.807) is 10.6 Å². The van der Waals surface area contributed by atoms with Crippen molar-refractivity contribution < 1.29 is 4.39 Å². The Balaban J connectivity index is 2.18. The molecular weight excluding hydrogens is 399 g/mol. The molecule has 1 saturated heterocycles. The molecular formula is C19H26BrFN4O. The van der Waals surface area contributed by atoms with Gasteiger partial charge in [-0.25, -0.2) is 9.37 Å². The average molecular weight is 425 g/mol. The zero-order valence-electron chi connectivity index (χ0n) is 15.4. The summed E-state index contributed by atoms with van der Waals surface area (Å²) in [6.07, 6.45) is 2.94. The van der Waals surface area contributed by atoms with Gasteiger partial charge in [0.05, 0.1) is 11.4 Å². The van der Waals surface area contributed by atoms with Crippen LogP contribution in [0.15, 0.2) is 21.4 Å². The summed E-state index contributed by atoms with van der Waals surface area (Å²) in [6.45, 7) is 8.39. The van der Waals surface area contributed by atoms with Gasteiger partial charge in [0, 0.05) is 30.7 Å². The standard InChI is InChI=1S/C19H26BrFN4O/c1-3-6-16(24-9-5-7-22-8-10-24)18-23-17-14(19(26)25(18)4-2)11-13(20)12-15(17)21/h11-12,16,22H,3-10H2,1-2H3. The molecule has 1 atom stereocenters. The molecule has 0 spiro atoms. The Morgan fingerprint density at radius 1 is 1.31 bits per heavy atom. The van der Waals surface area contributed by atoms with Crippen LogP contribution in [0.4, 0.5) is 4.39 Å². The van der Waals surface area contributed by atoms with E-state index in [0.29, 0.717) is 22.2 Å². The molecule has 0 bridgehead atoms. The highest BCUT2D eigenvalue weighted by molar-refractivity contribution is 9.10. The molecule has 1 aliphatic heterocycles. The van der Waals surface area contributed by atoms with Crippen molar-refractivity contribution in [3.8, 4) is 0 Å². The second-order valence-electron chi connectivity index (χ2n) is 6.75. The van der Waals surface area contributed by atoms with E-state index in [-0.39, 0.29) is 17.1 Å². The van der Waals surface area contributed by atoms with E-state index >= 15 is 0 Å². The van der Waals surface area contributed by atoms with Crippen molar-refractivity contribution >= 4 is 26.8 Å². The Labute approximate surface area is 161 Å². The van der Waals surface area contributed by atoms with E-state index in [4.69, 9.17) is 0 Å². The number of aromatic nitrogens is 2. The second kappa shape index (κ2) is 8.59. The Morgan fingerprint density at radius 2 is 2.12 bits per heavy atom. The summed E-state index contributed by atoms with van der Waals surface area (Å²) in [5.74, 6) is 0.235. The van der Waals surface area contributed by atoms with Gasteiger partial charge in [0.15, 0.2) is 5.82 Å². The van der Waals surface area contributed by atoms with Gasteiger partial charge in [0.25, 0.3) is 5.56 Å². The molecule has 1 N–H and O–H groups in total. The lowest BCUT2D eigenvalue weighted by Crippen LogP contribution is -2.37. The van der Waals surface area contributed by atoms with Gasteiger partial charge in [0.2, 0.25) is 0 Å². The van der Waals surface area contributed by atoms with Crippen LogP contribution in [0.5, 0.6) is 0 Å². The minimum atomic E-state index is -0.455. The summed E-state index contributed by atoms with van der Waals surface area (Å²) >= 11 is 3.28. The molecule has 26 heavy (non-hydrogen) atoms. The predicted molar refractivity (Wildman–Crippen MR) is 106 cm³/mol. The number of fused-ring (bicyclic) bond motifs is 1. The van der Waals surface area contributed by atoms with Gasteiger partial charge >= 0.3 is 0 Å². The normalized spacial score (nSPS) is 17.4. The number of rotatable bonds is 5. The molecule has 1 fully saturated rings. The van der Waals surface area contributed by atoms with E-state index in [0.717, 1.165) is 45.4 Å². The lowest BCUT2D eigenvalue weighted by Gasteiger charge is -2.31. The zero-order valence-corrected chi connectivity index (χ0v) is 17.0. The molecule has 2 heterocycles. The maximum atomic E-state index is 14.5. The lowest BCUT2D eigenvalue weighted by molar-refractivity contribution is 0.185. The van der Waals surface area contributed by atoms with Crippen molar-refractivity contribution in [1.82, 2.24) is 19.8 Å². The Bertz CT molecular complexity index is 830. The average Bonchev–Trinajstić information content (AvgIpc) is 2.89. The highest BCUT2D eigenvalue weighted by Crippen LogP contribution is 2.27. The molecule has 5 nitrogen and oxygen atoms in total. The van der Waals surface area contributed by atoms with Crippen LogP contribution in [0, 0.1) is 5.82 Å². The number of nitrogens with one attached hydrogen (secondary N) is 1. The fraction of sp³-hybridized carbons (Fsp3) is 0.579. The van der Waals surface area contributed by atoms with Crippen molar-refractivity contribution in [1.29, 1.82) is 0 Å². The van der Waals surface area contributed by atoms with Gasteiger partial charge in [-0.2, -0.15) is 0 Å². The molecule has 1 aromatic heterocycles. The molecule has 0 aliphatic carbocycles. The third-order valence-electron chi connectivity index (χ3n) is 5.00. The largest absolute Gasteiger partial charge is 0.315 e. The van der Waals surface area contributed by atoms with Crippen LogP contribution in [0.3, 0.4) is 0 Å². The van der Waals surface area contributed by atoms with E-state index < -0.39 is 5.82 Å². The third kappa shape index (κ3) is 3.85. The molecule has 0 amide bonds. The highest BCUT2D eigenvalue weighted by atomic mass is 79.9. The van der Waals surface area contributed by atoms with Gasteiger partial charge < -0.3 is 5.32 Å². The number of benzene rings is 1. The van der Waals surface area contributed by atoms with Gasteiger partial charge in [-0.3, -0.25) is 14.3 Å². The summed E-state index contributed by atoms with van der Waals surface area (Å²) in [5.41, 5.74) is 0.00806. The van der Waals surface area contributed by atoms with Crippen LogP contribution >= 0.6 is 15.9 Å². The molecule has 1 aromatic carbocycles. The van der Waals surface area contributed by atoms with E-state index in [9.17, 15) is 9.18 Å². The van der Waals surface area contributed by atoms with Crippen molar-refractivity contribution in [2.45, 2.75) is 45.7 Å². The summed E-state index contributed by atoms with van der Waals surface area (Å²) < 4.78 is 16.8. The topological polar surface area (TPSA) is 50.2 Å². The van der Waals surface area contributed by atoms with Crippen molar-refractivity contribution in [2.75, 3.05) is 26.2 Å². The monoisotopic (exact) mass is 424 g/mol. The number of hydrogen-bond donors (Lipinski definition) is 1. The molecule has 0 saturated carbocycles. The third-order valence-corrected chi connectivity index (χ3v) is 5.46. The fourth-order valence-corrected chi connectivity index (χ4v) is 4.18. The Hall–Kier alpha value is -1.31. The minimum absolute atomic E-state index is 0.0278. The lowest BCUT2D eigenvalue weighted by atomic mass is 10.1. The quantitative estimate of drug-likeness (QED) is 0.798. The van der Waals surface area contributed by atoms with Crippen LogP contribution in [0.1, 0.15) is 45.0 Å². The summed E-state index contributed by atoms with van der Waals surface area (Å²) in [5, 5.41) is 3.74. The van der Waals surface area contributed by atoms with E-state index in [2.05, 4.69) is 38.1 Å². The summed E-state index contributed by atoms with van der Waals surface area (Å²) in [4.78, 5) is 20.1. The Morgan fingerprint density at radius 3 is 2.85 bits per heavy atom.